The minimum absolute atomic E-state index is 0.0859. The van der Waals surface area contributed by atoms with Gasteiger partial charge in [0.15, 0.2) is 5.84 Å². The molecule has 1 saturated heterocycles. The zero-order chi connectivity index (χ0) is 22.7. The highest BCUT2D eigenvalue weighted by Gasteiger charge is 2.27. The fourth-order valence-corrected chi connectivity index (χ4v) is 4.85. The van der Waals surface area contributed by atoms with Crippen LogP contribution in [0.3, 0.4) is 0 Å². The number of piperidine rings is 1. The molecule has 2 aromatic carbocycles. The van der Waals surface area contributed by atoms with Crippen molar-refractivity contribution in [2.24, 2.45) is 16.0 Å². The molecule has 1 atom stereocenters. The number of hydrogen-bond acceptors (Lipinski definition) is 6. The Morgan fingerprint density at radius 3 is 2.78 bits per heavy atom. The molecule has 1 fully saturated rings. The number of nitrogens with two attached hydrogens (primary N) is 1. The SMILES string of the molecule is COc1ccc(CC(=O)N2CCC[C@H](COc3cccc4c3C(N)=NS(=O)(=O)N4)C2)cc1. The van der Waals surface area contributed by atoms with Crippen LogP contribution in [0.4, 0.5) is 5.69 Å². The number of benzene rings is 2. The number of anilines is 1. The zero-order valence-corrected chi connectivity index (χ0v) is 18.6. The lowest BCUT2D eigenvalue weighted by Gasteiger charge is -2.33. The maximum Gasteiger partial charge on any atom is 0.344 e. The molecule has 2 aliphatic rings. The highest BCUT2D eigenvalue weighted by Crippen LogP contribution is 2.31. The van der Waals surface area contributed by atoms with Gasteiger partial charge in [0, 0.05) is 19.0 Å². The van der Waals surface area contributed by atoms with E-state index >= 15 is 0 Å². The second-order valence-electron chi connectivity index (χ2n) is 7.92. The van der Waals surface area contributed by atoms with Gasteiger partial charge in [0.25, 0.3) is 0 Å². The third kappa shape index (κ3) is 4.96. The Hall–Kier alpha value is -3.27. The Bertz CT molecular complexity index is 1130. The molecule has 2 aliphatic heterocycles. The van der Waals surface area contributed by atoms with E-state index in [9.17, 15) is 13.2 Å². The second kappa shape index (κ2) is 9.07. The van der Waals surface area contributed by atoms with E-state index in [0.717, 1.165) is 30.7 Å². The van der Waals surface area contributed by atoms with E-state index < -0.39 is 10.2 Å². The lowest BCUT2D eigenvalue weighted by atomic mass is 9.98. The molecule has 9 nitrogen and oxygen atoms in total. The van der Waals surface area contributed by atoms with Gasteiger partial charge in [-0.15, -0.1) is 4.40 Å². The summed E-state index contributed by atoms with van der Waals surface area (Å²) in [6, 6.07) is 12.6. The molecule has 0 bridgehead atoms. The van der Waals surface area contributed by atoms with E-state index in [4.69, 9.17) is 15.2 Å². The number of amides is 1. The molecule has 0 radical (unpaired) electrons. The summed E-state index contributed by atoms with van der Waals surface area (Å²) in [6.07, 6.45) is 2.19. The van der Waals surface area contributed by atoms with Gasteiger partial charge in [-0.05, 0) is 42.7 Å². The van der Waals surface area contributed by atoms with Crippen molar-refractivity contribution in [2.75, 3.05) is 31.5 Å². The van der Waals surface area contributed by atoms with Crippen molar-refractivity contribution in [3.63, 3.8) is 0 Å². The summed E-state index contributed by atoms with van der Waals surface area (Å²) in [7, 11) is -2.23. The molecule has 10 heteroatoms. The van der Waals surface area contributed by atoms with Crippen molar-refractivity contribution in [1.29, 1.82) is 0 Å². The Morgan fingerprint density at radius 1 is 1.25 bits per heavy atom. The van der Waals surface area contributed by atoms with Crippen LogP contribution in [0, 0.1) is 5.92 Å². The van der Waals surface area contributed by atoms with E-state index in [-0.39, 0.29) is 17.7 Å². The molecule has 0 saturated carbocycles. The summed E-state index contributed by atoms with van der Waals surface area (Å²) in [5, 5.41) is 0. The first kappa shape index (κ1) is 21.9. The monoisotopic (exact) mass is 458 g/mol. The zero-order valence-electron chi connectivity index (χ0n) is 17.8. The van der Waals surface area contributed by atoms with Gasteiger partial charge in [-0.25, -0.2) is 0 Å². The number of amidine groups is 1. The van der Waals surface area contributed by atoms with Crippen molar-refractivity contribution in [3.05, 3.63) is 53.6 Å². The Labute approximate surface area is 187 Å². The van der Waals surface area contributed by atoms with Gasteiger partial charge in [0.1, 0.15) is 11.5 Å². The summed E-state index contributed by atoms with van der Waals surface area (Å²) in [5.41, 5.74) is 7.60. The molecule has 0 unspecified atom stereocenters. The van der Waals surface area contributed by atoms with Crippen LogP contribution >= 0.6 is 0 Å². The van der Waals surface area contributed by atoms with Crippen LogP contribution in [-0.2, 0) is 21.4 Å². The molecular formula is C22H26N4O5S. The topological polar surface area (TPSA) is 123 Å². The summed E-state index contributed by atoms with van der Waals surface area (Å²) in [5.74, 6) is 1.38. The number of methoxy groups -OCH3 is 1. The van der Waals surface area contributed by atoms with E-state index in [0.29, 0.717) is 36.6 Å². The van der Waals surface area contributed by atoms with Crippen LogP contribution in [0.1, 0.15) is 24.0 Å². The lowest BCUT2D eigenvalue weighted by molar-refractivity contribution is -0.132. The first-order chi connectivity index (χ1) is 15.3. The van der Waals surface area contributed by atoms with Crippen LogP contribution in [0.5, 0.6) is 11.5 Å². The first-order valence-corrected chi connectivity index (χ1v) is 11.8. The maximum absolute atomic E-state index is 12.8. The normalized spacial score (nSPS) is 19.3. The minimum Gasteiger partial charge on any atom is -0.497 e. The van der Waals surface area contributed by atoms with Gasteiger partial charge in [-0.2, -0.15) is 8.42 Å². The van der Waals surface area contributed by atoms with Crippen molar-refractivity contribution in [2.45, 2.75) is 19.3 Å². The predicted molar refractivity (Wildman–Crippen MR) is 121 cm³/mol. The predicted octanol–water partition coefficient (Wildman–Crippen LogP) is 1.93. The maximum atomic E-state index is 12.8. The van der Waals surface area contributed by atoms with Gasteiger partial charge in [0.2, 0.25) is 5.91 Å². The van der Waals surface area contributed by atoms with Crippen LogP contribution in [0.15, 0.2) is 46.9 Å². The Balaban J connectivity index is 1.37. The highest BCUT2D eigenvalue weighted by molar-refractivity contribution is 7.91. The average molecular weight is 459 g/mol. The van der Waals surface area contributed by atoms with Crippen molar-refractivity contribution >= 4 is 27.6 Å². The third-order valence-corrected chi connectivity index (χ3v) is 6.52. The fraction of sp³-hybridized carbons (Fsp3) is 0.364. The molecule has 2 heterocycles. The smallest absolute Gasteiger partial charge is 0.344 e. The number of ether oxygens (including phenoxy) is 2. The number of carbonyl (C=O) groups is 1. The molecule has 0 aliphatic carbocycles. The van der Waals surface area contributed by atoms with Gasteiger partial charge < -0.3 is 20.1 Å². The molecule has 1 amide bonds. The summed E-state index contributed by atoms with van der Waals surface area (Å²) < 4.78 is 40.5. The van der Waals surface area contributed by atoms with Crippen LogP contribution in [0.25, 0.3) is 0 Å². The van der Waals surface area contributed by atoms with Gasteiger partial charge in [-0.1, -0.05) is 18.2 Å². The van der Waals surface area contributed by atoms with Crippen LogP contribution in [-0.4, -0.2) is 51.9 Å². The summed E-state index contributed by atoms with van der Waals surface area (Å²) in [6.45, 7) is 1.73. The number of rotatable bonds is 6. The Morgan fingerprint density at radius 2 is 2.03 bits per heavy atom. The molecule has 0 spiro atoms. The van der Waals surface area contributed by atoms with Crippen LogP contribution < -0.4 is 19.9 Å². The number of fused-ring (bicyclic) bond motifs is 1. The number of nitrogens with zero attached hydrogens (tertiary/aromatic N) is 2. The lowest BCUT2D eigenvalue weighted by Crippen LogP contribution is -2.42. The third-order valence-electron chi connectivity index (χ3n) is 5.60. The number of hydrogen-bond donors (Lipinski definition) is 2. The van der Waals surface area contributed by atoms with Crippen LogP contribution in [0.2, 0.25) is 0 Å². The summed E-state index contributed by atoms with van der Waals surface area (Å²) in [4.78, 5) is 14.7. The standard InChI is InChI=1S/C22H26N4O5S/c1-30-17-9-7-15(8-10-17)12-20(27)26-11-3-4-16(13-26)14-31-19-6-2-5-18-21(19)22(23)25-32(28,29)24-18/h2,5-10,16,24H,3-4,11-14H2,1H3,(H2,23,25)/t16-/m0/s1. The fourth-order valence-electron chi connectivity index (χ4n) is 4.00. The van der Waals surface area contributed by atoms with Crippen molar-refractivity contribution in [1.82, 2.24) is 4.90 Å². The Kier molecular flexibility index (Phi) is 6.22. The molecule has 3 N–H and O–H groups in total. The van der Waals surface area contributed by atoms with E-state index in [1.807, 2.05) is 29.2 Å². The van der Waals surface area contributed by atoms with E-state index in [2.05, 4.69) is 9.12 Å². The molecule has 2 aromatic rings. The second-order valence-corrected chi connectivity index (χ2v) is 9.25. The summed E-state index contributed by atoms with van der Waals surface area (Å²) >= 11 is 0. The van der Waals surface area contributed by atoms with Crippen molar-refractivity contribution < 1.29 is 22.7 Å². The minimum atomic E-state index is -3.84. The quantitative estimate of drug-likeness (QED) is 0.682. The molecular weight excluding hydrogens is 432 g/mol. The van der Waals surface area contributed by atoms with Gasteiger partial charge in [-0.3, -0.25) is 9.52 Å². The molecule has 0 aromatic heterocycles. The van der Waals surface area contributed by atoms with E-state index in [1.165, 1.54) is 0 Å². The largest absolute Gasteiger partial charge is 0.497 e. The molecule has 32 heavy (non-hydrogen) atoms. The van der Waals surface area contributed by atoms with Gasteiger partial charge in [0.05, 0.1) is 31.4 Å². The highest BCUT2D eigenvalue weighted by atomic mass is 32.2. The molecule has 4 rings (SSSR count). The number of likely N-dealkylation sites (tertiary alicyclic amines) is 1. The molecule has 170 valence electrons. The van der Waals surface area contributed by atoms with Gasteiger partial charge >= 0.3 is 10.2 Å². The van der Waals surface area contributed by atoms with E-state index in [1.54, 1.807) is 25.3 Å². The first-order valence-electron chi connectivity index (χ1n) is 10.4. The number of nitrogens with one attached hydrogen (secondary N) is 1. The van der Waals surface area contributed by atoms with Crippen molar-refractivity contribution in [3.8, 4) is 11.5 Å². The number of carbonyl (C=O) groups excluding carboxylic acids is 1. The average Bonchev–Trinajstić information content (AvgIpc) is 2.77.